The SMILES string of the molecule is CCC1(C(=O)O)CCCN(C(=O)C(N)c2cnn(C)c2)C1. The molecule has 0 spiro atoms. The van der Waals surface area contributed by atoms with Crippen molar-refractivity contribution >= 4 is 11.9 Å². The Hall–Kier alpha value is -1.89. The standard InChI is InChI=1S/C14H22N4O3/c1-3-14(13(20)21)5-4-6-18(9-14)12(19)11(15)10-7-16-17(2)8-10/h7-8,11H,3-6,9,15H2,1-2H3,(H,20,21). The number of carboxylic acid groups (broad SMARTS) is 1. The molecule has 0 saturated carbocycles. The third-order valence-electron chi connectivity index (χ3n) is 4.37. The number of carbonyl (C=O) groups excluding carboxylic acids is 1. The van der Waals surface area contributed by atoms with Gasteiger partial charge in [-0.3, -0.25) is 14.3 Å². The number of aliphatic carboxylic acids is 1. The number of likely N-dealkylation sites (tertiary alicyclic amines) is 1. The minimum absolute atomic E-state index is 0.228. The number of piperidine rings is 1. The number of hydrogen-bond donors (Lipinski definition) is 2. The summed E-state index contributed by atoms with van der Waals surface area (Å²) >= 11 is 0. The number of nitrogens with two attached hydrogens (primary N) is 1. The van der Waals surface area contributed by atoms with E-state index in [-0.39, 0.29) is 12.5 Å². The van der Waals surface area contributed by atoms with Crippen molar-refractivity contribution in [1.82, 2.24) is 14.7 Å². The number of rotatable bonds is 4. The van der Waals surface area contributed by atoms with Crippen LogP contribution in [-0.2, 0) is 16.6 Å². The second-order valence-corrected chi connectivity index (χ2v) is 5.73. The summed E-state index contributed by atoms with van der Waals surface area (Å²) in [4.78, 5) is 25.6. The van der Waals surface area contributed by atoms with Gasteiger partial charge in [-0.15, -0.1) is 0 Å². The molecule has 21 heavy (non-hydrogen) atoms. The Balaban J connectivity index is 2.14. The fourth-order valence-electron chi connectivity index (χ4n) is 2.87. The number of hydrogen-bond acceptors (Lipinski definition) is 4. The Morgan fingerprint density at radius 3 is 2.81 bits per heavy atom. The van der Waals surface area contributed by atoms with Gasteiger partial charge in [0.15, 0.2) is 0 Å². The fourth-order valence-corrected chi connectivity index (χ4v) is 2.87. The summed E-state index contributed by atoms with van der Waals surface area (Å²) in [5, 5.41) is 13.5. The van der Waals surface area contributed by atoms with E-state index < -0.39 is 17.4 Å². The zero-order valence-corrected chi connectivity index (χ0v) is 12.5. The summed E-state index contributed by atoms with van der Waals surface area (Å²) in [7, 11) is 1.76. The van der Waals surface area contributed by atoms with E-state index in [1.807, 2.05) is 6.92 Å². The molecule has 2 rings (SSSR count). The molecule has 1 aromatic rings. The smallest absolute Gasteiger partial charge is 0.311 e. The second-order valence-electron chi connectivity index (χ2n) is 5.73. The van der Waals surface area contributed by atoms with Crippen LogP contribution in [-0.4, -0.2) is 44.8 Å². The average molecular weight is 294 g/mol. The molecule has 7 heteroatoms. The van der Waals surface area contributed by atoms with Crippen LogP contribution in [0.3, 0.4) is 0 Å². The number of aromatic nitrogens is 2. The monoisotopic (exact) mass is 294 g/mol. The van der Waals surface area contributed by atoms with E-state index in [0.717, 1.165) is 0 Å². The zero-order valence-electron chi connectivity index (χ0n) is 12.5. The first-order chi connectivity index (χ1) is 9.89. The van der Waals surface area contributed by atoms with Gasteiger partial charge in [-0.1, -0.05) is 6.92 Å². The van der Waals surface area contributed by atoms with Gasteiger partial charge < -0.3 is 15.7 Å². The third-order valence-corrected chi connectivity index (χ3v) is 4.37. The van der Waals surface area contributed by atoms with Gasteiger partial charge in [0.2, 0.25) is 5.91 Å². The normalized spacial score (nSPS) is 23.9. The summed E-state index contributed by atoms with van der Waals surface area (Å²) in [5.41, 5.74) is 5.80. The fraction of sp³-hybridized carbons (Fsp3) is 0.643. The van der Waals surface area contributed by atoms with E-state index in [9.17, 15) is 14.7 Å². The predicted molar refractivity (Wildman–Crippen MR) is 76.3 cm³/mol. The van der Waals surface area contributed by atoms with E-state index in [0.29, 0.717) is 31.4 Å². The maximum Gasteiger partial charge on any atom is 0.311 e. The predicted octanol–water partition coefficient (Wildman–Crippen LogP) is 0.523. The molecule has 1 aliphatic rings. The van der Waals surface area contributed by atoms with Gasteiger partial charge in [-0.25, -0.2) is 0 Å². The van der Waals surface area contributed by atoms with Crippen LogP contribution in [0.2, 0.25) is 0 Å². The molecule has 0 radical (unpaired) electrons. The molecule has 0 aliphatic carbocycles. The summed E-state index contributed by atoms with van der Waals surface area (Å²) < 4.78 is 1.59. The maximum absolute atomic E-state index is 12.5. The highest BCUT2D eigenvalue weighted by atomic mass is 16.4. The molecule has 2 heterocycles. The van der Waals surface area contributed by atoms with Crippen molar-refractivity contribution in [3.8, 4) is 0 Å². The van der Waals surface area contributed by atoms with E-state index in [1.165, 1.54) is 0 Å². The van der Waals surface area contributed by atoms with E-state index in [2.05, 4.69) is 5.10 Å². The number of nitrogens with zero attached hydrogens (tertiary/aromatic N) is 3. The molecule has 1 aliphatic heterocycles. The van der Waals surface area contributed by atoms with Crippen molar-refractivity contribution in [2.75, 3.05) is 13.1 Å². The first-order valence-electron chi connectivity index (χ1n) is 7.16. The van der Waals surface area contributed by atoms with Gasteiger partial charge in [-0.05, 0) is 19.3 Å². The van der Waals surface area contributed by atoms with Crippen LogP contribution >= 0.6 is 0 Å². The molecule has 1 amide bonds. The van der Waals surface area contributed by atoms with Crippen LogP contribution in [0, 0.1) is 5.41 Å². The second kappa shape index (κ2) is 5.85. The van der Waals surface area contributed by atoms with Crippen LogP contribution in [0.5, 0.6) is 0 Å². The summed E-state index contributed by atoms with van der Waals surface area (Å²) in [6.07, 6.45) is 5.07. The molecule has 1 saturated heterocycles. The molecule has 1 aromatic heterocycles. The number of carboxylic acids is 1. The lowest BCUT2D eigenvalue weighted by molar-refractivity contribution is -0.155. The van der Waals surface area contributed by atoms with E-state index in [4.69, 9.17) is 5.73 Å². The summed E-state index contributed by atoms with van der Waals surface area (Å²) in [6.45, 7) is 2.64. The van der Waals surface area contributed by atoms with Crippen molar-refractivity contribution in [3.05, 3.63) is 18.0 Å². The number of carbonyl (C=O) groups is 2. The van der Waals surface area contributed by atoms with Crippen molar-refractivity contribution in [1.29, 1.82) is 0 Å². The Morgan fingerprint density at radius 1 is 1.57 bits per heavy atom. The van der Waals surface area contributed by atoms with Gasteiger partial charge in [-0.2, -0.15) is 5.10 Å². The average Bonchev–Trinajstić information content (AvgIpc) is 2.92. The van der Waals surface area contributed by atoms with Gasteiger partial charge in [0.25, 0.3) is 0 Å². The van der Waals surface area contributed by atoms with Gasteiger partial charge >= 0.3 is 5.97 Å². The molecule has 2 atom stereocenters. The molecular weight excluding hydrogens is 272 g/mol. The largest absolute Gasteiger partial charge is 0.481 e. The first-order valence-corrected chi connectivity index (χ1v) is 7.16. The van der Waals surface area contributed by atoms with Crippen LogP contribution in [0.25, 0.3) is 0 Å². The lowest BCUT2D eigenvalue weighted by Gasteiger charge is -2.40. The molecular formula is C14H22N4O3. The lowest BCUT2D eigenvalue weighted by atomic mass is 9.77. The highest BCUT2D eigenvalue weighted by molar-refractivity contribution is 5.84. The maximum atomic E-state index is 12.5. The highest BCUT2D eigenvalue weighted by Gasteiger charge is 2.42. The molecule has 3 N–H and O–H groups in total. The Kier molecular flexibility index (Phi) is 4.32. The molecule has 2 unspecified atom stereocenters. The van der Waals surface area contributed by atoms with Crippen molar-refractivity contribution in [2.24, 2.45) is 18.2 Å². The van der Waals surface area contributed by atoms with E-state index in [1.54, 1.807) is 29.0 Å². The third kappa shape index (κ3) is 2.92. The Labute approximate surface area is 123 Å². The van der Waals surface area contributed by atoms with Gasteiger partial charge in [0.1, 0.15) is 6.04 Å². The van der Waals surface area contributed by atoms with E-state index >= 15 is 0 Å². The van der Waals surface area contributed by atoms with Crippen LogP contribution in [0.15, 0.2) is 12.4 Å². The Bertz CT molecular complexity index is 542. The minimum Gasteiger partial charge on any atom is -0.481 e. The lowest BCUT2D eigenvalue weighted by Crippen LogP contribution is -2.51. The molecule has 0 bridgehead atoms. The van der Waals surface area contributed by atoms with Crippen molar-refractivity contribution in [3.63, 3.8) is 0 Å². The topological polar surface area (TPSA) is 101 Å². The number of aryl methyl sites for hydroxylation is 1. The van der Waals surface area contributed by atoms with Gasteiger partial charge in [0.05, 0.1) is 11.6 Å². The van der Waals surface area contributed by atoms with Gasteiger partial charge in [0, 0.05) is 31.9 Å². The van der Waals surface area contributed by atoms with Crippen LogP contribution < -0.4 is 5.73 Å². The highest BCUT2D eigenvalue weighted by Crippen LogP contribution is 2.34. The Morgan fingerprint density at radius 2 is 2.29 bits per heavy atom. The van der Waals surface area contributed by atoms with Crippen molar-refractivity contribution in [2.45, 2.75) is 32.2 Å². The summed E-state index contributed by atoms with van der Waals surface area (Å²) in [5.74, 6) is -1.07. The summed E-state index contributed by atoms with van der Waals surface area (Å²) in [6, 6.07) is -0.792. The van der Waals surface area contributed by atoms with Crippen LogP contribution in [0.4, 0.5) is 0 Å². The molecule has 116 valence electrons. The first kappa shape index (κ1) is 15.5. The molecule has 1 fully saturated rings. The zero-order chi connectivity index (χ0) is 15.6. The quantitative estimate of drug-likeness (QED) is 0.843. The van der Waals surface area contributed by atoms with Crippen molar-refractivity contribution < 1.29 is 14.7 Å². The molecule has 7 nitrogen and oxygen atoms in total. The minimum atomic E-state index is -0.845. The van der Waals surface area contributed by atoms with Crippen LogP contribution in [0.1, 0.15) is 37.8 Å². The molecule has 0 aromatic carbocycles. The number of amides is 1.